The van der Waals surface area contributed by atoms with Crippen molar-refractivity contribution in [2.75, 3.05) is 11.4 Å². The van der Waals surface area contributed by atoms with Gasteiger partial charge in [-0.25, -0.2) is 8.42 Å². The summed E-state index contributed by atoms with van der Waals surface area (Å²) in [6.07, 6.45) is -0.615. The van der Waals surface area contributed by atoms with E-state index < -0.39 is 16.1 Å². The Morgan fingerprint density at radius 1 is 1.05 bits per heavy atom. The monoisotopic (exact) mass is 305 g/mol. The number of para-hydroxylation sites is 1. The lowest BCUT2D eigenvalue weighted by Gasteiger charge is -2.21. The van der Waals surface area contributed by atoms with Crippen LogP contribution >= 0.6 is 0 Å². The van der Waals surface area contributed by atoms with Crippen LogP contribution in [0.3, 0.4) is 0 Å². The molecule has 4 nitrogen and oxygen atoms in total. The molecule has 0 aromatic heterocycles. The Kier molecular flexibility index (Phi) is 4.34. The van der Waals surface area contributed by atoms with Crippen molar-refractivity contribution in [2.24, 2.45) is 0 Å². The van der Waals surface area contributed by atoms with Gasteiger partial charge in [0.25, 0.3) is 10.0 Å². The zero-order valence-electron chi connectivity index (χ0n) is 12.3. The van der Waals surface area contributed by atoms with Crippen molar-refractivity contribution in [1.29, 1.82) is 0 Å². The zero-order chi connectivity index (χ0) is 15.6. The van der Waals surface area contributed by atoms with Gasteiger partial charge in [-0.1, -0.05) is 30.3 Å². The first-order valence-electron chi connectivity index (χ1n) is 6.66. The summed E-state index contributed by atoms with van der Waals surface area (Å²) in [7, 11) is -2.06. The molecule has 0 fully saturated rings. The van der Waals surface area contributed by atoms with Crippen LogP contribution in [0.4, 0.5) is 5.69 Å². The molecule has 0 amide bonds. The molecule has 2 rings (SSSR count). The quantitative estimate of drug-likeness (QED) is 0.945. The van der Waals surface area contributed by atoms with Crippen molar-refractivity contribution in [2.45, 2.75) is 24.8 Å². The summed E-state index contributed by atoms with van der Waals surface area (Å²) >= 11 is 0. The van der Waals surface area contributed by atoms with Gasteiger partial charge in [-0.2, -0.15) is 0 Å². The number of sulfonamides is 1. The predicted octanol–water partition coefficient (Wildman–Crippen LogP) is 2.87. The summed E-state index contributed by atoms with van der Waals surface area (Å²) in [5.41, 5.74) is 2.23. The maximum Gasteiger partial charge on any atom is 0.264 e. The molecule has 0 saturated heterocycles. The number of aliphatic hydroxyl groups excluding tert-OH is 1. The average molecular weight is 305 g/mol. The van der Waals surface area contributed by atoms with Crippen molar-refractivity contribution in [3.8, 4) is 0 Å². The molecule has 0 aliphatic rings. The second-order valence-corrected chi connectivity index (χ2v) is 6.97. The molecular weight excluding hydrogens is 286 g/mol. The van der Waals surface area contributed by atoms with Gasteiger partial charge in [-0.3, -0.25) is 4.31 Å². The molecular formula is C16H19NO3S. The van der Waals surface area contributed by atoms with E-state index in [0.29, 0.717) is 11.3 Å². The molecule has 0 heterocycles. The van der Waals surface area contributed by atoms with Crippen molar-refractivity contribution in [1.82, 2.24) is 0 Å². The molecule has 0 spiro atoms. The number of hydrogen-bond donors (Lipinski definition) is 1. The maximum absolute atomic E-state index is 12.6. The lowest BCUT2D eigenvalue weighted by molar-refractivity contribution is 0.199. The lowest BCUT2D eigenvalue weighted by Crippen LogP contribution is -2.27. The fourth-order valence-corrected chi connectivity index (χ4v) is 3.38. The van der Waals surface area contributed by atoms with Gasteiger partial charge in [-0.05, 0) is 43.2 Å². The van der Waals surface area contributed by atoms with E-state index in [2.05, 4.69) is 0 Å². The molecule has 0 aliphatic carbocycles. The molecule has 2 aromatic rings. The molecule has 1 unspecified atom stereocenters. The second-order valence-electron chi connectivity index (χ2n) is 5.00. The van der Waals surface area contributed by atoms with Gasteiger partial charge in [-0.15, -0.1) is 0 Å². The molecule has 5 heteroatoms. The third kappa shape index (κ3) is 3.09. The number of anilines is 1. The minimum atomic E-state index is -3.61. The first kappa shape index (κ1) is 15.5. The molecule has 0 aliphatic heterocycles. The summed E-state index contributed by atoms with van der Waals surface area (Å²) in [5.74, 6) is 0. The topological polar surface area (TPSA) is 57.6 Å². The SMILES string of the molecule is Cc1ccccc1N(C)S(=O)(=O)c1ccc(C(C)O)cc1. The van der Waals surface area contributed by atoms with Gasteiger partial charge in [0.1, 0.15) is 0 Å². The zero-order valence-corrected chi connectivity index (χ0v) is 13.1. The molecule has 2 aromatic carbocycles. The first-order valence-corrected chi connectivity index (χ1v) is 8.10. The van der Waals surface area contributed by atoms with E-state index in [-0.39, 0.29) is 4.90 Å². The Labute approximate surface area is 125 Å². The largest absolute Gasteiger partial charge is 0.389 e. The number of aryl methyl sites for hydroxylation is 1. The molecule has 0 radical (unpaired) electrons. The fraction of sp³-hybridized carbons (Fsp3) is 0.250. The van der Waals surface area contributed by atoms with E-state index in [9.17, 15) is 13.5 Å². The maximum atomic E-state index is 12.6. The standard InChI is InChI=1S/C16H19NO3S/c1-12-6-4-5-7-16(12)17(3)21(19,20)15-10-8-14(9-11-15)13(2)18/h4-11,13,18H,1-3H3. The summed E-state index contributed by atoms with van der Waals surface area (Å²) in [4.78, 5) is 0.206. The number of nitrogens with zero attached hydrogens (tertiary/aromatic N) is 1. The predicted molar refractivity (Wildman–Crippen MR) is 83.8 cm³/mol. The third-order valence-corrected chi connectivity index (χ3v) is 5.26. The molecule has 21 heavy (non-hydrogen) atoms. The second kappa shape index (κ2) is 5.87. The number of aliphatic hydroxyl groups is 1. The highest BCUT2D eigenvalue weighted by Gasteiger charge is 2.22. The minimum absolute atomic E-state index is 0.206. The number of hydrogen-bond acceptors (Lipinski definition) is 3. The van der Waals surface area contributed by atoms with Crippen molar-refractivity contribution < 1.29 is 13.5 Å². The van der Waals surface area contributed by atoms with Crippen LogP contribution in [-0.4, -0.2) is 20.6 Å². The molecule has 1 atom stereocenters. The van der Waals surface area contributed by atoms with E-state index in [0.717, 1.165) is 5.56 Å². The highest BCUT2D eigenvalue weighted by atomic mass is 32.2. The van der Waals surface area contributed by atoms with Crippen LogP contribution in [0.25, 0.3) is 0 Å². The Bertz CT molecular complexity index is 721. The Hall–Kier alpha value is -1.85. The average Bonchev–Trinajstić information content (AvgIpc) is 2.47. The Morgan fingerprint density at radius 3 is 2.14 bits per heavy atom. The summed E-state index contributed by atoms with van der Waals surface area (Å²) in [6, 6.07) is 13.6. The highest BCUT2D eigenvalue weighted by molar-refractivity contribution is 7.92. The van der Waals surface area contributed by atoms with E-state index in [4.69, 9.17) is 0 Å². The number of benzene rings is 2. The lowest BCUT2D eigenvalue weighted by atomic mass is 10.1. The molecule has 0 bridgehead atoms. The van der Waals surface area contributed by atoms with Gasteiger partial charge in [0.2, 0.25) is 0 Å². The van der Waals surface area contributed by atoms with E-state index in [1.165, 1.54) is 16.4 Å². The van der Waals surface area contributed by atoms with Crippen LogP contribution < -0.4 is 4.31 Å². The third-order valence-electron chi connectivity index (χ3n) is 3.48. The first-order chi connectivity index (χ1) is 9.84. The van der Waals surface area contributed by atoms with Gasteiger partial charge in [0.05, 0.1) is 16.7 Å². The minimum Gasteiger partial charge on any atom is -0.389 e. The van der Waals surface area contributed by atoms with Crippen LogP contribution in [0, 0.1) is 6.92 Å². The molecule has 1 N–H and O–H groups in total. The van der Waals surface area contributed by atoms with Crippen LogP contribution in [-0.2, 0) is 10.0 Å². The smallest absolute Gasteiger partial charge is 0.264 e. The van der Waals surface area contributed by atoms with Gasteiger partial charge >= 0.3 is 0 Å². The molecule has 0 saturated carbocycles. The van der Waals surface area contributed by atoms with Crippen molar-refractivity contribution >= 4 is 15.7 Å². The summed E-state index contributed by atoms with van der Waals surface area (Å²) < 4.78 is 26.5. The van der Waals surface area contributed by atoms with Gasteiger partial charge in [0, 0.05) is 7.05 Å². The summed E-state index contributed by atoms with van der Waals surface area (Å²) in [6.45, 7) is 3.51. The normalized spacial score (nSPS) is 13.0. The van der Waals surface area contributed by atoms with Gasteiger partial charge < -0.3 is 5.11 Å². The van der Waals surface area contributed by atoms with E-state index in [1.807, 2.05) is 25.1 Å². The van der Waals surface area contributed by atoms with Gasteiger partial charge in [0.15, 0.2) is 0 Å². The van der Waals surface area contributed by atoms with Crippen LogP contribution in [0.2, 0.25) is 0 Å². The highest BCUT2D eigenvalue weighted by Crippen LogP contribution is 2.25. The molecule has 112 valence electrons. The van der Waals surface area contributed by atoms with Crippen LogP contribution in [0.1, 0.15) is 24.2 Å². The summed E-state index contributed by atoms with van der Waals surface area (Å²) in [5, 5.41) is 9.48. The fourth-order valence-electron chi connectivity index (χ4n) is 2.12. The van der Waals surface area contributed by atoms with Crippen molar-refractivity contribution in [3.05, 3.63) is 59.7 Å². The number of rotatable bonds is 4. The Balaban J connectivity index is 2.40. The van der Waals surface area contributed by atoms with Crippen LogP contribution in [0.15, 0.2) is 53.4 Å². The van der Waals surface area contributed by atoms with E-state index in [1.54, 1.807) is 32.2 Å². The van der Waals surface area contributed by atoms with E-state index >= 15 is 0 Å². The Morgan fingerprint density at radius 2 is 1.62 bits per heavy atom. The van der Waals surface area contributed by atoms with Crippen LogP contribution in [0.5, 0.6) is 0 Å². The van der Waals surface area contributed by atoms with Crippen molar-refractivity contribution in [3.63, 3.8) is 0 Å².